The molecule has 4 atom stereocenters. The largest absolute Gasteiger partial charge is 0.444 e. The second kappa shape index (κ2) is 7.32. The number of benzene rings is 1. The van der Waals surface area contributed by atoms with Gasteiger partial charge in [0.25, 0.3) is 5.91 Å². The molecule has 32 heavy (non-hydrogen) atoms. The Morgan fingerprint density at radius 2 is 1.81 bits per heavy atom. The SMILES string of the molecule is CC(C)(C)OC(=O)NC12CC3CC1CC(NC(=O)c1ccc(-c4ccccc4)nc1)(C3)C2. The smallest absolute Gasteiger partial charge is 0.408 e. The standard InChI is InChI=1S/C26H31N3O3/c1-24(2,3)32-23(31)29-26-13-17-11-20(26)14-25(12-17,16-26)28-22(30)19-9-10-21(27-15-19)18-7-5-4-6-8-18/h4-10,15,17,20H,11-14,16H2,1-3H3,(H,28,30)(H,29,31). The summed E-state index contributed by atoms with van der Waals surface area (Å²) in [5.74, 6) is 0.815. The van der Waals surface area contributed by atoms with Crippen LogP contribution in [0.1, 0.15) is 63.2 Å². The average molecular weight is 434 g/mol. The molecule has 4 saturated carbocycles. The van der Waals surface area contributed by atoms with Crippen LogP contribution in [-0.4, -0.2) is 33.7 Å². The molecule has 2 aromatic rings. The number of aromatic nitrogens is 1. The average Bonchev–Trinajstić information content (AvgIpc) is 3.07. The summed E-state index contributed by atoms with van der Waals surface area (Å²) in [5, 5.41) is 6.55. The van der Waals surface area contributed by atoms with Crippen LogP contribution < -0.4 is 10.6 Å². The van der Waals surface area contributed by atoms with Crippen LogP contribution in [0.4, 0.5) is 4.79 Å². The Morgan fingerprint density at radius 1 is 1.03 bits per heavy atom. The Balaban J connectivity index is 1.29. The lowest BCUT2D eigenvalue weighted by molar-refractivity contribution is 0.0423. The number of hydrogen-bond acceptors (Lipinski definition) is 4. The van der Waals surface area contributed by atoms with Gasteiger partial charge in [-0.1, -0.05) is 30.3 Å². The predicted molar refractivity (Wildman–Crippen MR) is 122 cm³/mol. The van der Waals surface area contributed by atoms with E-state index in [4.69, 9.17) is 4.74 Å². The maximum Gasteiger partial charge on any atom is 0.408 e. The monoisotopic (exact) mass is 433 g/mol. The highest BCUT2D eigenvalue weighted by atomic mass is 16.6. The number of ether oxygens (including phenoxy) is 1. The molecule has 2 N–H and O–H groups in total. The maximum atomic E-state index is 13.1. The molecular weight excluding hydrogens is 402 g/mol. The van der Waals surface area contributed by atoms with E-state index >= 15 is 0 Å². The molecule has 0 saturated heterocycles. The van der Waals surface area contributed by atoms with Gasteiger partial charge < -0.3 is 15.4 Å². The summed E-state index contributed by atoms with van der Waals surface area (Å²) in [6, 6.07) is 13.7. The minimum absolute atomic E-state index is 0.0912. The Hall–Kier alpha value is -2.89. The van der Waals surface area contributed by atoms with Crippen LogP contribution in [0.25, 0.3) is 11.3 Å². The van der Waals surface area contributed by atoms with E-state index in [9.17, 15) is 9.59 Å². The third kappa shape index (κ3) is 3.87. The number of carbonyl (C=O) groups is 2. The van der Waals surface area contributed by atoms with Crippen molar-refractivity contribution in [1.82, 2.24) is 15.6 Å². The Kier molecular flexibility index (Phi) is 4.80. The number of carbonyl (C=O) groups excluding carboxylic acids is 2. The van der Waals surface area contributed by atoms with Crippen molar-refractivity contribution in [3.63, 3.8) is 0 Å². The number of hydrogen-bond donors (Lipinski definition) is 2. The molecule has 0 radical (unpaired) electrons. The molecule has 1 aromatic carbocycles. The molecule has 1 aromatic heterocycles. The van der Waals surface area contributed by atoms with Crippen molar-refractivity contribution < 1.29 is 14.3 Å². The van der Waals surface area contributed by atoms with Gasteiger partial charge in [0, 0.05) is 22.8 Å². The van der Waals surface area contributed by atoms with Gasteiger partial charge in [0.1, 0.15) is 5.60 Å². The van der Waals surface area contributed by atoms with Crippen molar-refractivity contribution in [1.29, 1.82) is 0 Å². The Labute approximate surface area is 189 Å². The van der Waals surface area contributed by atoms with E-state index in [1.54, 1.807) is 6.20 Å². The van der Waals surface area contributed by atoms with Gasteiger partial charge in [0.15, 0.2) is 0 Å². The number of pyridine rings is 1. The fraction of sp³-hybridized carbons (Fsp3) is 0.500. The molecule has 168 valence electrons. The molecule has 1 heterocycles. The normalized spacial score (nSPS) is 30.2. The van der Waals surface area contributed by atoms with Gasteiger partial charge in [-0.15, -0.1) is 0 Å². The Morgan fingerprint density at radius 3 is 2.50 bits per heavy atom. The van der Waals surface area contributed by atoms with Gasteiger partial charge >= 0.3 is 6.09 Å². The molecular formula is C26H31N3O3. The summed E-state index contributed by atoms with van der Waals surface area (Å²) in [6.07, 6.45) is 6.03. The molecule has 2 amide bonds. The fourth-order valence-corrected chi connectivity index (χ4v) is 6.37. The second-order valence-electron chi connectivity index (χ2n) is 10.9. The van der Waals surface area contributed by atoms with Crippen LogP contribution in [0.15, 0.2) is 48.7 Å². The highest BCUT2D eigenvalue weighted by Gasteiger charge is 2.65. The van der Waals surface area contributed by atoms with Crippen LogP contribution in [-0.2, 0) is 4.74 Å². The highest BCUT2D eigenvalue weighted by Crippen LogP contribution is 2.62. The third-order valence-corrected chi connectivity index (χ3v) is 7.25. The second-order valence-corrected chi connectivity index (χ2v) is 10.9. The molecule has 4 bridgehead atoms. The van der Waals surface area contributed by atoms with E-state index in [-0.39, 0.29) is 23.1 Å². The zero-order valence-electron chi connectivity index (χ0n) is 19.0. The van der Waals surface area contributed by atoms with Crippen LogP contribution in [0.3, 0.4) is 0 Å². The molecule has 4 aliphatic rings. The predicted octanol–water partition coefficient (Wildman–Crippen LogP) is 4.70. The lowest BCUT2D eigenvalue weighted by atomic mass is 9.74. The van der Waals surface area contributed by atoms with Gasteiger partial charge in [-0.2, -0.15) is 0 Å². The van der Waals surface area contributed by atoms with E-state index in [1.807, 2.05) is 63.2 Å². The number of nitrogens with zero attached hydrogens (tertiary/aromatic N) is 1. The van der Waals surface area contributed by atoms with Crippen molar-refractivity contribution in [2.75, 3.05) is 0 Å². The third-order valence-electron chi connectivity index (χ3n) is 7.25. The zero-order valence-corrected chi connectivity index (χ0v) is 19.0. The Bertz CT molecular complexity index is 1030. The van der Waals surface area contributed by atoms with Crippen molar-refractivity contribution in [2.24, 2.45) is 11.8 Å². The number of alkyl carbamates (subject to hydrolysis) is 1. The number of amides is 2. The summed E-state index contributed by atoms with van der Waals surface area (Å²) in [6.45, 7) is 5.63. The van der Waals surface area contributed by atoms with Crippen LogP contribution in [0, 0.1) is 11.8 Å². The first-order chi connectivity index (χ1) is 15.2. The number of rotatable bonds is 4. The lowest BCUT2D eigenvalue weighted by Gasteiger charge is -2.41. The van der Waals surface area contributed by atoms with E-state index in [2.05, 4.69) is 15.6 Å². The summed E-state index contributed by atoms with van der Waals surface area (Å²) in [4.78, 5) is 30.2. The van der Waals surface area contributed by atoms with Crippen LogP contribution in [0.5, 0.6) is 0 Å². The lowest BCUT2D eigenvalue weighted by Crippen LogP contribution is -2.56. The van der Waals surface area contributed by atoms with Gasteiger partial charge in [0.2, 0.25) is 0 Å². The fourth-order valence-electron chi connectivity index (χ4n) is 6.37. The first-order valence-corrected chi connectivity index (χ1v) is 11.5. The quantitative estimate of drug-likeness (QED) is 0.732. The summed E-state index contributed by atoms with van der Waals surface area (Å²) >= 11 is 0. The first kappa shape index (κ1) is 21.0. The molecule has 4 fully saturated rings. The van der Waals surface area contributed by atoms with Gasteiger partial charge in [-0.25, -0.2) is 4.79 Å². The van der Waals surface area contributed by atoms with Crippen molar-refractivity contribution in [3.8, 4) is 11.3 Å². The molecule has 4 aliphatic carbocycles. The van der Waals surface area contributed by atoms with Gasteiger partial charge in [-0.3, -0.25) is 9.78 Å². The minimum atomic E-state index is -0.527. The topological polar surface area (TPSA) is 80.3 Å². The number of nitrogens with one attached hydrogen (secondary N) is 2. The van der Waals surface area contributed by atoms with E-state index < -0.39 is 5.60 Å². The van der Waals surface area contributed by atoms with Gasteiger partial charge in [-0.05, 0) is 76.8 Å². The van der Waals surface area contributed by atoms with Crippen LogP contribution in [0.2, 0.25) is 0 Å². The summed E-state index contributed by atoms with van der Waals surface area (Å²) in [5.41, 5.74) is 1.38. The van der Waals surface area contributed by atoms with E-state index in [0.717, 1.165) is 43.4 Å². The van der Waals surface area contributed by atoms with Crippen molar-refractivity contribution >= 4 is 12.0 Å². The summed E-state index contributed by atoms with van der Waals surface area (Å²) < 4.78 is 5.54. The molecule has 4 unspecified atom stereocenters. The molecule has 6 nitrogen and oxygen atoms in total. The van der Waals surface area contributed by atoms with Crippen molar-refractivity contribution in [3.05, 3.63) is 54.2 Å². The van der Waals surface area contributed by atoms with Gasteiger partial charge in [0.05, 0.1) is 11.3 Å². The molecule has 0 aliphatic heterocycles. The minimum Gasteiger partial charge on any atom is -0.444 e. The summed E-state index contributed by atoms with van der Waals surface area (Å²) in [7, 11) is 0. The van der Waals surface area contributed by atoms with Crippen LogP contribution >= 0.6 is 0 Å². The molecule has 0 spiro atoms. The zero-order chi connectivity index (χ0) is 22.6. The first-order valence-electron chi connectivity index (χ1n) is 11.5. The highest BCUT2D eigenvalue weighted by molar-refractivity contribution is 5.94. The maximum absolute atomic E-state index is 13.1. The van der Waals surface area contributed by atoms with E-state index in [1.165, 1.54) is 0 Å². The molecule has 6 rings (SSSR count). The van der Waals surface area contributed by atoms with E-state index in [0.29, 0.717) is 17.4 Å². The molecule has 6 heteroatoms. The van der Waals surface area contributed by atoms with Crippen molar-refractivity contribution in [2.45, 2.75) is 69.6 Å².